The summed E-state index contributed by atoms with van der Waals surface area (Å²) in [6, 6.07) is 1.78. The third-order valence-corrected chi connectivity index (χ3v) is 10.8. The second-order valence-corrected chi connectivity index (χ2v) is 12.7. The molecule has 3 saturated heterocycles. The van der Waals surface area contributed by atoms with Gasteiger partial charge < -0.3 is 23.4 Å². The lowest BCUT2D eigenvalue weighted by Crippen LogP contribution is -2.72. The molecule has 5 aliphatic rings. The molecular weight excluding hydrogens is 480 g/mol. The average molecular weight is 515 g/mol. The largest absolute Gasteiger partial charge is 0.472 e. The Morgan fingerprint density at radius 1 is 1.03 bits per heavy atom. The lowest BCUT2D eigenvalue weighted by molar-refractivity contribution is -0.234. The van der Waals surface area contributed by atoms with Crippen LogP contribution >= 0.6 is 0 Å². The van der Waals surface area contributed by atoms with Gasteiger partial charge >= 0.3 is 17.9 Å². The molecule has 0 unspecified atom stereocenters. The van der Waals surface area contributed by atoms with Crippen LogP contribution in [0.2, 0.25) is 0 Å². The smallest absolute Gasteiger partial charge is 0.339 e. The molecule has 5 fully saturated rings. The van der Waals surface area contributed by atoms with Crippen LogP contribution in [0.3, 0.4) is 0 Å². The van der Waals surface area contributed by atoms with E-state index in [2.05, 4.69) is 0 Å². The molecule has 9 heteroatoms. The van der Waals surface area contributed by atoms with E-state index in [-0.39, 0.29) is 30.5 Å². The van der Waals surface area contributed by atoms with Crippen LogP contribution in [0, 0.1) is 28.1 Å². The molecule has 0 amide bonds. The van der Waals surface area contributed by atoms with Crippen molar-refractivity contribution in [2.75, 3.05) is 0 Å². The number of epoxide rings is 1. The van der Waals surface area contributed by atoms with Gasteiger partial charge in [-0.25, -0.2) is 4.79 Å². The summed E-state index contributed by atoms with van der Waals surface area (Å²) in [4.78, 5) is 52.7. The highest BCUT2D eigenvalue weighted by Gasteiger charge is 2.88. The van der Waals surface area contributed by atoms with Crippen molar-refractivity contribution in [1.82, 2.24) is 0 Å². The van der Waals surface area contributed by atoms with Gasteiger partial charge in [-0.2, -0.15) is 0 Å². The van der Waals surface area contributed by atoms with Crippen LogP contribution in [0.1, 0.15) is 78.9 Å². The quantitative estimate of drug-likeness (QED) is 0.330. The summed E-state index contributed by atoms with van der Waals surface area (Å²) in [5, 5.41) is 0. The molecule has 4 heterocycles. The maximum atomic E-state index is 14.4. The third-order valence-electron chi connectivity index (χ3n) is 10.8. The predicted octanol–water partition coefficient (Wildman–Crippen LogP) is 3.69. The van der Waals surface area contributed by atoms with Gasteiger partial charge in [0.1, 0.15) is 29.2 Å². The zero-order chi connectivity index (χ0) is 26.8. The van der Waals surface area contributed by atoms with Crippen molar-refractivity contribution in [1.29, 1.82) is 0 Å². The van der Waals surface area contributed by atoms with Gasteiger partial charge in [0.2, 0.25) is 0 Å². The highest BCUT2D eigenvalue weighted by atomic mass is 16.7. The van der Waals surface area contributed by atoms with Gasteiger partial charge in [-0.1, -0.05) is 13.8 Å². The van der Waals surface area contributed by atoms with Crippen LogP contribution in [0.25, 0.3) is 0 Å². The number of rotatable bonds is 2. The van der Waals surface area contributed by atoms with Gasteiger partial charge in [0, 0.05) is 35.7 Å². The Balaban J connectivity index is 1.54. The van der Waals surface area contributed by atoms with E-state index < -0.39 is 63.7 Å². The monoisotopic (exact) mass is 514 g/mol. The van der Waals surface area contributed by atoms with E-state index in [0.717, 1.165) is 5.56 Å². The molecule has 37 heavy (non-hydrogen) atoms. The molecule has 1 aromatic heterocycles. The number of fused-ring (bicyclic) bond motifs is 3. The number of carbonyl (C=O) groups is 4. The van der Waals surface area contributed by atoms with Crippen molar-refractivity contribution >= 4 is 23.7 Å². The molecule has 0 aromatic carbocycles. The van der Waals surface area contributed by atoms with Crippen molar-refractivity contribution in [2.45, 2.75) is 96.7 Å². The molecule has 1 aromatic rings. The fourth-order valence-electron chi connectivity index (χ4n) is 9.24. The van der Waals surface area contributed by atoms with Crippen LogP contribution < -0.4 is 0 Å². The second-order valence-electron chi connectivity index (χ2n) is 12.7. The molecule has 0 radical (unpaired) electrons. The number of Topliss-reactive ketones (excluding diaryl/α,β-unsaturated/α-hetero) is 1. The summed E-state index contributed by atoms with van der Waals surface area (Å²) in [6.07, 6.45) is 2.06. The van der Waals surface area contributed by atoms with Crippen LogP contribution in [0.4, 0.5) is 0 Å². The Labute approximate surface area is 215 Å². The zero-order valence-electron chi connectivity index (χ0n) is 22.1. The molecule has 200 valence electrons. The first-order valence-electron chi connectivity index (χ1n) is 13.1. The average Bonchev–Trinajstić information content (AvgIpc) is 3.38. The van der Waals surface area contributed by atoms with Crippen molar-refractivity contribution in [3.05, 3.63) is 24.2 Å². The summed E-state index contributed by atoms with van der Waals surface area (Å²) in [5.74, 6) is -2.18. The van der Waals surface area contributed by atoms with Crippen LogP contribution in [0.15, 0.2) is 23.0 Å². The molecule has 6 rings (SSSR count). The molecule has 0 bridgehead atoms. The number of carbonyl (C=O) groups excluding carboxylic acids is 4. The van der Waals surface area contributed by atoms with Crippen LogP contribution in [-0.4, -0.2) is 47.1 Å². The Hall–Kier alpha value is -2.68. The first-order valence-corrected chi connectivity index (χ1v) is 13.1. The van der Waals surface area contributed by atoms with E-state index in [4.69, 9.17) is 23.4 Å². The Bertz CT molecular complexity index is 1200. The predicted molar refractivity (Wildman–Crippen MR) is 126 cm³/mol. The van der Waals surface area contributed by atoms with Crippen molar-refractivity contribution in [3.8, 4) is 0 Å². The number of cyclic esters (lactones) is 2. The molecule has 1 spiro atoms. The van der Waals surface area contributed by atoms with Crippen LogP contribution in [0.5, 0.6) is 0 Å². The molecule has 2 saturated carbocycles. The van der Waals surface area contributed by atoms with E-state index in [0.29, 0.717) is 12.8 Å². The lowest BCUT2D eigenvalue weighted by Gasteiger charge is -2.66. The fourth-order valence-corrected chi connectivity index (χ4v) is 9.24. The number of hydrogen-bond donors (Lipinski definition) is 0. The van der Waals surface area contributed by atoms with Gasteiger partial charge in [0.05, 0.1) is 24.4 Å². The summed E-state index contributed by atoms with van der Waals surface area (Å²) >= 11 is 0. The van der Waals surface area contributed by atoms with Crippen molar-refractivity contribution < 1.29 is 42.5 Å². The normalized spacial score (nSPS) is 47.7. The molecule has 9 atom stereocenters. The Kier molecular flexibility index (Phi) is 4.82. The summed E-state index contributed by atoms with van der Waals surface area (Å²) in [6.45, 7) is 11.0. The number of hydrogen-bond acceptors (Lipinski definition) is 9. The van der Waals surface area contributed by atoms with E-state index >= 15 is 0 Å². The van der Waals surface area contributed by atoms with E-state index in [1.165, 1.54) is 13.2 Å². The fraction of sp³-hybridized carbons (Fsp3) is 0.714. The SMILES string of the molecule is CC(=O)O[C@H]1CC(=O)OC(C)(C)[C@H]2CC(=O)[C@@]3(C)[C@@H](CC[C@@]4(C)[C@@H](c5ccoc5)OC(=O)[C@@H]5O[C@@]543)[C@]12C. The Morgan fingerprint density at radius 3 is 2.41 bits per heavy atom. The summed E-state index contributed by atoms with van der Waals surface area (Å²) in [5.41, 5.74) is -3.88. The number of furan rings is 1. The van der Waals surface area contributed by atoms with Gasteiger partial charge in [0.15, 0.2) is 6.10 Å². The van der Waals surface area contributed by atoms with E-state index in [1.54, 1.807) is 12.3 Å². The molecule has 3 aliphatic heterocycles. The first kappa shape index (κ1) is 24.6. The third kappa shape index (κ3) is 2.79. The van der Waals surface area contributed by atoms with Gasteiger partial charge in [0.25, 0.3) is 0 Å². The summed E-state index contributed by atoms with van der Waals surface area (Å²) in [7, 11) is 0. The minimum absolute atomic E-state index is 0.0263. The van der Waals surface area contributed by atoms with Crippen molar-refractivity contribution in [3.63, 3.8) is 0 Å². The topological polar surface area (TPSA) is 122 Å². The highest BCUT2D eigenvalue weighted by Crippen LogP contribution is 2.78. The molecule has 2 aliphatic carbocycles. The second kappa shape index (κ2) is 7.24. The van der Waals surface area contributed by atoms with Crippen molar-refractivity contribution in [2.24, 2.45) is 28.1 Å². The standard InChI is InChI=1S/C28H34O9/c1-14(29)34-19-12-20(31)36-24(2,3)17-11-18(30)27(6)16(26(17,19)5)7-9-25(4)21(15-8-10-33-13-15)35-23(32)22-28(25,27)37-22/h8,10,13,16-17,19,21-22H,7,9,11-12H2,1-6H3/t16-,17+,19-,21+,22-,25-,26-,27+,28-/m0/s1. The molecule has 9 nitrogen and oxygen atoms in total. The highest BCUT2D eigenvalue weighted by molar-refractivity contribution is 5.93. The number of ether oxygens (including phenoxy) is 4. The van der Waals surface area contributed by atoms with Gasteiger partial charge in [-0.15, -0.1) is 0 Å². The maximum absolute atomic E-state index is 14.4. The number of ketones is 1. The molecular formula is C28H34O9. The molecule has 0 N–H and O–H groups in total. The number of esters is 3. The van der Waals surface area contributed by atoms with Crippen LogP contribution in [-0.2, 0) is 38.1 Å². The first-order chi connectivity index (χ1) is 17.2. The van der Waals surface area contributed by atoms with Gasteiger partial charge in [-0.05, 0) is 45.6 Å². The minimum atomic E-state index is -1.09. The minimum Gasteiger partial charge on any atom is -0.472 e. The zero-order valence-corrected chi connectivity index (χ0v) is 22.1. The Morgan fingerprint density at radius 2 is 1.76 bits per heavy atom. The summed E-state index contributed by atoms with van der Waals surface area (Å²) < 4.78 is 29.3. The lowest BCUT2D eigenvalue weighted by atomic mass is 9.37. The van der Waals surface area contributed by atoms with Gasteiger partial charge in [-0.3, -0.25) is 14.4 Å². The van der Waals surface area contributed by atoms with E-state index in [1.807, 2.05) is 34.6 Å². The maximum Gasteiger partial charge on any atom is 0.339 e. The van der Waals surface area contributed by atoms with E-state index in [9.17, 15) is 19.2 Å².